The number of oxazole rings is 1. The van der Waals surface area contributed by atoms with Gasteiger partial charge in [-0.15, -0.1) is 0 Å². The molecule has 0 spiro atoms. The summed E-state index contributed by atoms with van der Waals surface area (Å²) in [6, 6.07) is 9.58. The van der Waals surface area contributed by atoms with E-state index in [-0.39, 0.29) is 5.56 Å². The molecule has 1 atom stereocenters. The van der Waals surface area contributed by atoms with Crippen molar-refractivity contribution in [3.63, 3.8) is 0 Å². The highest BCUT2D eigenvalue weighted by Gasteiger charge is 2.22. The zero-order chi connectivity index (χ0) is 19.4. The number of ether oxygens (including phenoxy) is 2. The zero-order valence-corrected chi connectivity index (χ0v) is 15.4. The molecule has 1 unspecified atom stereocenters. The summed E-state index contributed by atoms with van der Waals surface area (Å²) in [5, 5.41) is 3.05. The van der Waals surface area contributed by atoms with E-state index in [1.54, 1.807) is 43.3 Å². The number of fused-ring (bicyclic) bond motifs is 1. The number of hydrogen-bond acceptors (Lipinski definition) is 6. The number of carbonyl (C=O) groups excluding carboxylic acids is 2. The minimum absolute atomic E-state index is 0.287. The summed E-state index contributed by atoms with van der Waals surface area (Å²) < 4.78 is 15.6. The molecule has 1 N–H and O–H groups in total. The Labute approximate surface area is 160 Å². The third-order valence-corrected chi connectivity index (χ3v) is 4.19. The fourth-order valence-corrected chi connectivity index (χ4v) is 2.73. The van der Waals surface area contributed by atoms with Crippen LogP contribution in [0.3, 0.4) is 0 Å². The van der Waals surface area contributed by atoms with Gasteiger partial charge in [-0.1, -0.05) is 18.5 Å². The SMILES string of the molecule is CCC(OC(=O)c1ccc2ocnc2c1)C(=O)Nc1ccc(OC)c(Cl)c1. The lowest BCUT2D eigenvalue weighted by molar-refractivity contribution is -0.124. The third-order valence-electron chi connectivity index (χ3n) is 3.90. The number of halogens is 1. The summed E-state index contributed by atoms with van der Waals surface area (Å²) in [4.78, 5) is 28.8. The molecule has 2 aromatic carbocycles. The Bertz CT molecular complexity index is 985. The van der Waals surface area contributed by atoms with Crippen LogP contribution in [0, 0.1) is 0 Å². The monoisotopic (exact) mass is 388 g/mol. The highest BCUT2D eigenvalue weighted by molar-refractivity contribution is 6.32. The number of aromatic nitrogens is 1. The molecule has 0 saturated carbocycles. The highest BCUT2D eigenvalue weighted by Crippen LogP contribution is 2.27. The lowest BCUT2D eigenvalue weighted by atomic mass is 10.2. The molecule has 0 radical (unpaired) electrons. The van der Waals surface area contributed by atoms with E-state index in [0.717, 1.165) is 0 Å². The smallest absolute Gasteiger partial charge is 0.338 e. The average Bonchev–Trinajstić information content (AvgIpc) is 3.13. The second kappa shape index (κ2) is 8.09. The average molecular weight is 389 g/mol. The molecule has 0 bridgehead atoms. The van der Waals surface area contributed by atoms with Gasteiger partial charge < -0.3 is 19.2 Å². The van der Waals surface area contributed by atoms with Crippen LogP contribution in [0.2, 0.25) is 5.02 Å². The minimum atomic E-state index is -0.952. The zero-order valence-electron chi connectivity index (χ0n) is 14.7. The van der Waals surface area contributed by atoms with Gasteiger partial charge in [-0.2, -0.15) is 0 Å². The maximum Gasteiger partial charge on any atom is 0.338 e. The first-order chi connectivity index (χ1) is 13.0. The second-order valence-corrected chi connectivity index (χ2v) is 6.08. The first-order valence-corrected chi connectivity index (χ1v) is 8.58. The molecule has 1 aromatic heterocycles. The highest BCUT2D eigenvalue weighted by atomic mass is 35.5. The van der Waals surface area contributed by atoms with E-state index >= 15 is 0 Å². The Kier molecular flexibility index (Phi) is 5.61. The van der Waals surface area contributed by atoms with Gasteiger partial charge in [0.15, 0.2) is 18.1 Å². The topological polar surface area (TPSA) is 90.7 Å². The number of anilines is 1. The molecule has 3 aromatic rings. The molecule has 1 amide bonds. The van der Waals surface area contributed by atoms with Crippen LogP contribution in [0.1, 0.15) is 23.7 Å². The van der Waals surface area contributed by atoms with Crippen LogP contribution in [0.15, 0.2) is 47.2 Å². The van der Waals surface area contributed by atoms with E-state index in [9.17, 15) is 9.59 Å². The van der Waals surface area contributed by atoms with Crippen molar-refractivity contribution in [1.82, 2.24) is 4.98 Å². The molecule has 0 fully saturated rings. The Morgan fingerprint density at radius 3 is 2.78 bits per heavy atom. The van der Waals surface area contributed by atoms with Gasteiger partial charge in [-0.3, -0.25) is 4.79 Å². The van der Waals surface area contributed by atoms with Crippen molar-refractivity contribution in [2.45, 2.75) is 19.4 Å². The quantitative estimate of drug-likeness (QED) is 0.640. The third kappa shape index (κ3) is 4.20. The summed E-state index contributed by atoms with van der Waals surface area (Å²) in [6.07, 6.45) is 0.654. The van der Waals surface area contributed by atoms with E-state index in [1.807, 2.05) is 0 Å². The van der Waals surface area contributed by atoms with Crippen molar-refractivity contribution in [2.75, 3.05) is 12.4 Å². The molecule has 7 nitrogen and oxygen atoms in total. The molecular weight excluding hydrogens is 372 g/mol. The van der Waals surface area contributed by atoms with Gasteiger partial charge in [-0.25, -0.2) is 9.78 Å². The fraction of sp³-hybridized carbons (Fsp3) is 0.211. The Balaban J connectivity index is 1.69. The van der Waals surface area contributed by atoms with E-state index in [4.69, 9.17) is 25.5 Å². The number of esters is 1. The summed E-state index contributed by atoms with van der Waals surface area (Å²) >= 11 is 6.05. The molecule has 140 valence electrons. The maximum atomic E-state index is 12.5. The standard InChI is InChI=1S/C19H17ClN2O5/c1-3-15(18(23)22-12-5-7-16(25-2)13(20)9-12)27-19(24)11-4-6-17-14(8-11)21-10-26-17/h4-10,15H,3H2,1-2H3,(H,22,23). The number of benzene rings is 2. The summed E-state index contributed by atoms with van der Waals surface area (Å²) in [5.74, 6) is -0.569. The Morgan fingerprint density at radius 2 is 2.07 bits per heavy atom. The predicted molar refractivity (Wildman–Crippen MR) is 100 cm³/mol. The molecule has 0 aliphatic carbocycles. The molecular formula is C19H17ClN2O5. The number of rotatable bonds is 6. The van der Waals surface area contributed by atoms with Gasteiger partial charge in [0.1, 0.15) is 11.3 Å². The van der Waals surface area contributed by atoms with Gasteiger partial charge in [0.05, 0.1) is 17.7 Å². The van der Waals surface area contributed by atoms with Crippen molar-refractivity contribution in [1.29, 1.82) is 0 Å². The summed E-state index contributed by atoms with van der Waals surface area (Å²) in [5.41, 5.74) is 1.86. The molecule has 3 rings (SSSR count). The largest absolute Gasteiger partial charge is 0.495 e. The van der Waals surface area contributed by atoms with E-state index in [0.29, 0.717) is 34.0 Å². The number of nitrogens with zero attached hydrogens (tertiary/aromatic N) is 1. The van der Waals surface area contributed by atoms with Crippen LogP contribution in [-0.2, 0) is 9.53 Å². The fourth-order valence-electron chi connectivity index (χ4n) is 2.47. The van der Waals surface area contributed by atoms with Crippen molar-refractivity contribution in [3.8, 4) is 5.75 Å². The van der Waals surface area contributed by atoms with Crippen molar-refractivity contribution in [2.24, 2.45) is 0 Å². The molecule has 0 saturated heterocycles. The van der Waals surface area contributed by atoms with Gasteiger partial charge in [0, 0.05) is 5.69 Å². The van der Waals surface area contributed by atoms with Gasteiger partial charge in [0.25, 0.3) is 5.91 Å². The molecule has 27 heavy (non-hydrogen) atoms. The van der Waals surface area contributed by atoms with Crippen molar-refractivity contribution in [3.05, 3.63) is 53.4 Å². The lowest BCUT2D eigenvalue weighted by Gasteiger charge is -2.16. The molecule has 0 aliphatic rings. The number of carbonyl (C=O) groups is 2. The van der Waals surface area contributed by atoms with Gasteiger partial charge >= 0.3 is 5.97 Å². The Hall–Kier alpha value is -3.06. The predicted octanol–water partition coefficient (Wildman–Crippen LogP) is 4.06. The number of methoxy groups -OCH3 is 1. The van der Waals surface area contributed by atoms with E-state index < -0.39 is 18.0 Å². The van der Waals surface area contributed by atoms with Crippen LogP contribution in [-0.4, -0.2) is 30.1 Å². The molecule has 8 heteroatoms. The maximum absolute atomic E-state index is 12.5. The minimum Gasteiger partial charge on any atom is -0.495 e. The van der Waals surface area contributed by atoms with Gasteiger partial charge in [0.2, 0.25) is 0 Å². The molecule has 0 aliphatic heterocycles. The Morgan fingerprint density at radius 1 is 1.26 bits per heavy atom. The van der Waals surface area contributed by atoms with Crippen molar-refractivity contribution >= 4 is 40.3 Å². The van der Waals surface area contributed by atoms with Gasteiger partial charge in [-0.05, 0) is 42.8 Å². The number of hydrogen-bond donors (Lipinski definition) is 1. The van der Waals surface area contributed by atoms with Crippen LogP contribution in [0.4, 0.5) is 5.69 Å². The number of amides is 1. The summed E-state index contributed by atoms with van der Waals surface area (Å²) in [6.45, 7) is 1.75. The van der Waals surface area contributed by atoms with Crippen LogP contribution < -0.4 is 10.1 Å². The van der Waals surface area contributed by atoms with E-state index in [2.05, 4.69) is 10.3 Å². The second-order valence-electron chi connectivity index (χ2n) is 5.68. The first kappa shape index (κ1) is 18.7. The van der Waals surface area contributed by atoms with Crippen LogP contribution >= 0.6 is 11.6 Å². The normalized spacial score (nSPS) is 11.8. The van der Waals surface area contributed by atoms with E-state index in [1.165, 1.54) is 13.5 Å². The van der Waals surface area contributed by atoms with Crippen molar-refractivity contribution < 1.29 is 23.5 Å². The van der Waals surface area contributed by atoms with Crippen LogP contribution in [0.5, 0.6) is 5.75 Å². The van der Waals surface area contributed by atoms with Crippen LogP contribution in [0.25, 0.3) is 11.1 Å². The summed E-state index contributed by atoms with van der Waals surface area (Å²) in [7, 11) is 1.50. The number of nitrogens with one attached hydrogen (secondary N) is 1. The lowest BCUT2D eigenvalue weighted by Crippen LogP contribution is -2.32. The first-order valence-electron chi connectivity index (χ1n) is 8.20. The molecule has 1 heterocycles.